The fraction of sp³-hybridized carbons (Fsp3) is 0.750. The van der Waals surface area contributed by atoms with Gasteiger partial charge in [0, 0.05) is 12.6 Å². The average Bonchev–Trinajstić information content (AvgIpc) is 3.19. The average molecular weight is 503 g/mol. The molecule has 8 nitrogen and oxygen atoms in total. The number of fused-ring (bicyclic) bond motifs is 2. The number of cyclic esters (lactones) is 1. The van der Waals surface area contributed by atoms with Crippen molar-refractivity contribution in [1.82, 2.24) is 9.80 Å². The first kappa shape index (κ1) is 26.9. The van der Waals surface area contributed by atoms with Gasteiger partial charge in [0.1, 0.15) is 17.6 Å². The van der Waals surface area contributed by atoms with Crippen LogP contribution in [0, 0.1) is 17.8 Å². The van der Waals surface area contributed by atoms with Crippen LogP contribution >= 0.6 is 0 Å². The second-order valence-electron chi connectivity index (χ2n) is 11.1. The lowest BCUT2D eigenvalue weighted by Crippen LogP contribution is -2.60. The number of carbonyl (C=O) groups excluding carboxylic acids is 3. The summed E-state index contributed by atoms with van der Waals surface area (Å²) in [5.74, 6) is -2.82. The lowest BCUT2D eigenvalue weighted by Gasteiger charge is -2.42. The summed E-state index contributed by atoms with van der Waals surface area (Å²) in [5, 5.41) is 10.4. The third-order valence-electron chi connectivity index (χ3n) is 8.80. The van der Waals surface area contributed by atoms with Crippen LogP contribution in [0.4, 0.5) is 0 Å². The highest BCUT2D eigenvalue weighted by atomic mass is 16.6. The molecule has 0 bridgehead atoms. The van der Waals surface area contributed by atoms with Crippen LogP contribution in [0.15, 0.2) is 24.3 Å². The zero-order valence-corrected chi connectivity index (χ0v) is 22.3. The first-order chi connectivity index (χ1) is 17.2. The van der Waals surface area contributed by atoms with Crippen molar-refractivity contribution in [2.45, 2.75) is 96.1 Å². The Bertz CT molecular complexity index is 933. The Hall–Kier alpha value is -2.19. The Balaban J connectivity index is 1.90. The first-order valence-electron chi connectivity index (χ1n) is 13.6. The van der Waals surface area contributed by atoms with E-state index in [9.17, 15) is 19.5 Å². The predicted molar refractivity (Wildman–Crippen MR) is 135 cm³/mol. The van der Waals surface area contributed by atoms with Crippen LogP contribution in [0.5, 0.6) is 0 Å². The van der Waals surface area contributed by atoms with Gasteiger partial charge < -0.3 is 24.4 Å². The Morgan fingerprint density at radius 1 is 1.11 bits per heavy atom. The highest BCUT2D eigenvalue weighted by Crippen LogP contribution is 2.57. The summed E-state index contributed by atoms with van der Waals surface area (Å²) >= 11 is 0. The van der Waals surface area contributed by atoms with Gasteiger partial charge in [0.05, 0.1) is 30.8 Å². The number of carbonyl (C=O) groups is 3. The van der Waals surface area contributed by atoms with E-state index in [2.05, 4.69) is 6.92 Å². The third kappa shape index (κ3) is 4.10. The third-order valence-corrected chi connectivity index (χ3v) is 8.80. The van der Waals surface area contributed by atoms with E-state index in [1.807, 2.05) is 56.9 Å². The largest absolute Gasteiger partial charge is 0.465 e. The summed E-state index contributed by atoms with van der Waals surface area (Å²) in [6.45, 7) is 10.3. The van der Waals surface area contributed by atoms with Gasteiger partial charge in [0.2, 0.25) is 11.8 Å². The number of hydrogen-bond donors (Lipinski definition) is 1. The van der Waals surface area contributed by atoms with Crippen molar-refractivity contribution >= 4 is 17.8 Å². The zero-order chi connectivity index (χ0) is 26.3. The molecule has 2 fully saturated rings. The maximum absolute atomic E-state index is 14.4. The number of likely N-dealkylation sites (tertiary alicyclic amines) is 1. The van der Waals surface area contributed by atoms with Gasteiger partial charge in [0.25, 0.3) is 0 Å². The van der Waals surface area contributed by atoms with Crippen molar-refractivity contribution in [3.63, 3.8) is 0 Å². The number of nitrogens with zero attached hydrogens (tertiary/aromatic N) is 2. The van der Waals surface area contributed by atoms with Crippen LogP contribution in [0.2, 0.25) is 0 Å². The van der Waals surface area contributed by atoms with Crippen LogP contribution < -0.4 is 0 Å². The fourth-order valence-electron chi connectivity index (χ4n) is 6.73. The molecule has 0 aromatic rings. The molecule has 2 unspecified atom stereocenters. The molecule has 2 saturated heterocycles. The molecule has 0 aliphatic carbocycles. The van der Waals surface area contributed by atoms with Crippen LogP contribution in [0.3, 0.4) is 0 Å². The van der Waals surface area contributed by atoms with Gasteiger partial charge in [-0.1, -0.05) is 57.9 Å². The minimum absolute atomic E-state index is 0.0199. The smallest absolute Gasteiger partial charge is 0.313 e. The van der Waals surface area contributed by atoms with Gasteiger partial charge in [-0.2, -0.15) is 0 Å². The first-order valence-corrected chi connectivity index (χ1v) is 13.6. The lowest BCUT2D eigenvalue weighted by molar-refractivity contribution is -0.162. The molecular weight excluding hydrogens is 460 g/mol. The number of hydrogen-bond acceptors (Lipinski definition) is 6. The van der Waals surface area contributed by atoms with Gasteiger partial charge >= 0.3 is 5.97 Å². The second kappa shape index (κ2) is 10.3. The molecule has 200 valence electrons. The standard InChI is InChI=1S/C28H42N2O6/c1-6-12-19(4)29-15-11-14-28-21(22-26(34)35-16-10-8-9-13-27(22,5)36-28)24(32)30(23(28)25(29)33)20(17-31)18(3)7-2/h9,11,13-14,18-23,31H,6-8,10,12,15-17H2,1-5H3/b13-9-/t18-,19?,20-,21-,22-,23?,27+,28-/m0/s1. The van der Waals surface area contributed by atoms with E-state index < -0.39 is 41.1 Å². The van der Waals surface area contributed by atoms with E-state index >= 15 is 0 Å². The topological polar surface area (TPSA) is 96.4 Å². The number of ether oxygens (including phenoxy) is 2. The highest BCUT2D eigenvalue weighted by Gasteiger charge is 2.75. The number of aliphatic hydroxyl groups excluding tert-OH is 1. The van der Waals surface area contributed by atoms with Crippen LogP contribution in [0.1, 0.15) is 66.7 Å². The molecule has 8 heteroatoms. The van der Waals surface area contributed by atoms with Gasteiger partial charge in [-0.05, 0) is 39.0 Å². The number of esters is 1. The van der Waals surface area contributed by atoms with Gasteiger partial charge in [-0.3, -0.25) is 14.4 Å². The molecule has 4 rings (SSSR count). The summed E-state index contributed by atoms with van der Waals surface area (Å²) in [4.78, 5) is 45.5. The van der Waals surface area contributed by atoms with Crippen LogP contribution in [-0.4, -0.2) is 81.8 Å². The molecule has 4 aliphatic heterocycles. The number of allylic oxidation sites excluding steroid dienone is 1. The van der Waals surface area contributed by atoms with Crippen molar-refractivity contribution < 1.29 is 29.0 Å². The minimum atomic E-state index is -1.32. The van der Waals surface area contributed by atoms with Gasteiger partial charge in [-0.25, -0.2) is 0 Å². The second-order valence-corrected chi connectivity index (χ2v) is 11.1. The van der Waals surface area contributed by atoms with Crippen molar-refractivity contribution in [2.75, 3.05) is 19.8 Å². The highest BCUT2D eigenvalue weighted by molar-refractivity contribution is 5.99. The monoisotopic (exact) mass is 502 g/mol. The van der Waals surface area contributed by atoms with E-state index in [1.54, 1.807) is 4.90 Å². The van der Waals surface area contributed by atoms with Crippen molar-refractivity contribution in [3.8, 4) is 0 Å². The number of rotatable bonds is 7. The maximum atomic E-state index is 14.4. The summed E-state index contributed by atoms with van der Waals surface area (Å²) in [7, 11) is 0. The number of aliphatic hydroxyl groups is 1. The molecule has 1 spiro atoms. The SMILES string of the molecule is CCCC(C)N1CC=C[C@]23O[C@]4(C)/C=C\CCCOC(=O)[C@@H]4[C@H]2C(=O)N([C@@H](CO)[C@@H](C)CC)C3C1=O. The molecule has 0 saturated carbocycles. The van der Waals surface area contributed by atoms with E-state index in [0.29, 0.717) is 13.0 Å². The normalized spacial score (nSPS) is 37.6. The Kier molecular flexibility index (Phi) is 7.68. The Morgan fingerprint density at radius 3 is 2.53 bits per heavy atom. The van der Waals surface area contributed by atoms with Crippen LogP contribution in [0.25, 0.3) is 0 Å². The predicted octanol–water partition coefficient (Wildman–Crippen LogP) is 2.84. The molecule has 2 amide bonds. The van der Waals surface area contributed by atoms with Gasteiger partial charge in [0.15, 0.2) is 0 Å². The van der Waals surface area contributed by atoms with Crippen LogP contribution in [-0.2, 0) is 23.9 Å². The minimum Gasteiger partial charge on any atom is -0.465 e. The summed E-state index contributed by atoms with van der Waals surface area (Å²) in [6.07, 6.45) is 11.6. The molecule has 36 heavy (non-hydrogen) atoms. The van der Waals surface area contributed by atoms with E-state index in [1.165, 1.54) is 0 Å². The Labute approximate surface area is 214 Å². The molecule has 4 heterocycles. The number of amides is 2. The van der Waals surface area contributed by atoms with Gasteiger partial charge in [-0.15, -0.1) is 0 Å². The molecule has 1 N–H and O–H groups in total. The molecule has 4 aliphatic rings. The van der Waals surface area contributed by atoms with E-state index in [-0.39, 0.29) is 37.0 Å². The van der Waals surface area contributed by atoms with Crippen molar-refractivity contribution in [2.24, 2.45) is 17.8 Å². The molecule has 0 aromatic heterocycles. The zero-order valence-electron chi connectivity index (χ0n) is 22.3. The Morgan fingerprint density at radius 2 is 1.86 bits per heavy atom. The lowest BCUT2D eigenvalue weighted by atomic mass is 9.74. The molecule has 8 atom stereocenters. The van der Waals surface area contributed by atoms with Crippen molar-refractivity contribution in [3.05, 3.63) is 24.3 Å². The quantitative estimate of drug-likeness (QED) is 0.425. The summed E-state index contributed by atoms with van der Waals surface area (Å²) < 4.78 is 12.4. The fourth-order valence-corrected chi connectivity index (χ4v) is 6.73. The molecular formula is C28H42N2O6. The molecule has 0 radical (unpaired) electrons. The van der Waals surface area contributed by atoms with E-state index in [0.717, 1.165) is 25.7 Å². The maximum Gasteiger partial charge on any atom is 0.313 e. The van der Waals surface area contributed by atoms with E-state index in [4.69, 9.17) is 9.47 Å². The summed E-state index contributed by atoms with van der Waals surface area (Å²) in [5.41, 5.74) is -2.41. The molecule has 0 aromatic carbocycles. The summed E-state index contributed by atoms with van der Waals surface area (Å²) in [6, 6.07) is -1.55. The van der Waals surface area contributed by atoms with Crippen molar-refractivity contribution in [1.29, 1.82) is 0 Å².